The minimum Gasteiger partial charge on any atom is -0.395 e. The number of carbonyl (C=O) groups excluding carboxylic acids is 1. The summed E-state index contributed by atoms with van der Waals surface area (Å²) in [5.41, 5.74) is 1.28. The highest BCUT2D eigenvalue weighted by Crippen LogP contribution is 2.39. The molecule has 0 spiro atoms. The molecule has 8 nitrogen and oxygen atoms in total. The molecule has 1 fully saturated rings. The Kier molecular flexibility index (Phi) is 8.60. The van der Waals surface area contributed by atoms with E-state index in [1.165, 1.54) is 15.9 Å². The fourth-order valence-corrected chi connectivity index (χ4v) is 4.51. The summed E-state index contributed by atoms with van der Waals surface area (Å²) in [5.74, 6) is 0.440. The second-order valence-corrected chi connectivity index (χ2v) is 9.07. The fourth-order valence-electron chi connectivity index (χ4n) is 4.38. The Morgan fingerprint density at radius 1 is 1.03 bits per heavy atom. The molecule has 4 rings (SSSR count). The third kappa shape index (κ3) is 6.12. The van der Waals surface area contributed by atoms with Crippen LogP contribution in [0.15, 0.2) is 60.8 Å². The van der Waals surface area contributed by atoms with E-state index in [2.05, 4.69) is 15.6 Å². The zero-order valence-electron chi connectivity index (χ0n) is 20.2. The van der Waals surface area contributed by atoms with Crippen molar-refractivity contribution < 1.29 is 28.2 Å². The third-order valence-electron chi connectivity index (χ3n) is 6.12. The highest BCUT2D eigenvalue weighted by Gasteiger charge is 2.41. The molecule has 12 heteroatoms. The number of rotatable bonds is 10. The standard InChI is InChI=1S/C26H27ClF3N5O3/c27-19-4-6-20(7-5-19)35-23(17-2-1-3-18(14-17)26(28,29)30)16-34(25(35)38)15-21-22(31-10-12-36)8-9-32-24(21)33-11-13-37/h1-9,14,23,36-37H,10-13,15-16H2,(H2,31,32,33). The summed E-state index contributed by atoms with van der Waals surface area (Å²) >= 11 is 6.04. The van der Waals surface area contributed by atoms with Gasteiger partial charge in [0.1, 0.15) is 5.82 Å². The van der Waals surface area contributed by atoms with Gasteiger partial charge in [-0.3, -0.25) is 4.90 Å². The van der Waals surface area contributed by atoms with E-state index in [4.69, 9.17) is 11.6 Å². The maximum absolute atomic E-state index is 13.8. The largest absolute Gasteiger partial charge is 0.416 e. The smallest absolute Gasteiger partial charge is 0.395 e. The Hall–Kier alpha value is -3.54. The molecule has 1 aliphatic rings. The number of urea groups is 1. The summed E-state index contributed by atoms with van der Waals surface area (Å²) in [7, 11) is 0. The van der Waals surface area contributed by atoms with Gasteiger partial charge in [-0.2, -0.15) is 13.2 Å². The molecule has 0 saturated carbocycles. The van der Waals surface area contributed by atoms with Crippen LogP contribution in [0.25, 0.3) is 0 Å². The number of amides is 2. The number of hydrogen-bond donors (Lipinski definition) is 4. The number of nitrogens with zero attached hydrogens (tertiary/aromatic N) is 3. The molecule has 2 heterocycles. The Balaban J connectivity index is 1.73. The lowest BCUT2D eigenvalue weighted by atomic mass is 10.0. The van der Waals surface area contributed by atoms with Crippen LogP contribution in [0.5, 0.6) is 0 Å². The quantitative estimate of drug-likeness (QED) is 0.291. The number of aromatic nitrogens is 1. The molecule has 0 radical (unpaired) electrons. The molecular formula is C26H27ClF3N5O3. The highest BCUT2D eigenvalue weighted by molar-refractivity contribution is 6.30. The van der Waals surface area contributed by atoms with Crippen molar-refractivity contribution >= 4 is 34.8 Å². The van der Waals surface area contributed by atoms with E-state index in [1.807, 2.05) is 0 Å². The van der Waals surface area contributed by atoms with Crippen molar-refractivity contribution in [1.82, 2.24) is 9.88 Å². The molecule has 1 saturated heterocycles. The lowest BCUT2D eigenvalue weighted by Crippen LogP contribution is -2.32. The molecule has 2 amide bonds. The number of hydrogen-bond acceptors (Lipinski definition) is 6. The van der Waals surface area contributed by atoms with Gasteiger partial charge in [-0.1, -0.05) is 23.7 Å². The third-order valence-corrected chi connectivity index (χ3v) is 6.37. The van der Waals surface area contributed by atoms with Gasteiger partial charge < -0.3 is 25.7 Å². The first-order valence-corrected chi connectivity index (χ1v) is 12.3. The lowest BCUT2D eigenvalue weighted by molar-refractivity contribution is -0.137. The molecule has 1 atom stereocenters. The lowest BCUT2D eigenvalue weighted by Gasteiger charge is -2.24. The number of nitrogens with one attached hydrogen (secondary N) is 2. The maximum Gasteiger partial charge on any atom is 0.416 e. The molecule has 0 aliphatic carbocycles. The first kappa shape index (κ1) is 27.5. The second kappa shape index (κ2) is 11.9. The van der Waals surface area contributed by atoms with Crippen LogP contribution in [0, 0.1) is 0 Å². The van der Waals surface area contributed by atoms with Crippen molar-refractivity contribution in [3.05, 3.63) is 82.5 Å². The van der Waals surface area contributed by atoms with E-state index < -0.39 is 23.8 Å². The molecule has 1 unspecified atom stereocenters. The summed E-state index contributed by atoms with van der Waals surface area (Å²) in [5, 5.41) is 25.2. The molecule has 202 valence electrons. The van der Waals surface area contributed by atoms with Crippen LogP contribution in [0.4, 0.5) is 35.2 Å². The van der Waals surface area contributed by atoms with Gasteiger partial charge in [0.25, 0.3) is 0 Å². The van der Waals surface area contributed by atoms with Crippen LogP contribution >= 0.6 is 11.6 Å². The Labute approximate surface area is 222 Å². The number of aliphatic hydroxyl groups is 2. The minimum atomic E-state index is -4.53. The molecule has 0 bridgehead atoms. The molecular weight excluding hydrogens is 523 g/mol. The Morgan fingerprint density at radius 2 is 1.74 bits per heavy atom. The highest BCUT2D eigenvalue weighted by atomic mass is 35.5. The van der Waals surface area contributed by atoms with Crippen LogP contribution in [0.2, 0.25) is 5.02 Å². The van der Waals surface area contributed by atoms with Crippen LogP contribution < -0.4 is 15.5 Å². The number of carbonyl (C=O) groups is 1. The van der Waals surface area contributed by atoms with Gasteiger partial charge in [-0.05, 0) is 48.0 Å². The van der Waals surface area contributed by atoms with Crippen LogP contribution in [-0.2, 0) is 12.7 Å². The zero-order valence-corrected chi connectivity index (χ0v) is 21.0. The number of anilines is 3. The van der Waals surface area contributed by atoms with Gasteiger partial charge in [-0.25, -0.2) is 9.78 Å². The van der Waals surface area contributed by atoms with Gasteiger partial charge in [0.15, 0.2) is 0 Å². The number of aliphatic hydroxyl groups excluding tert-OH is 2. The first-order chi connectivity index (χ1) is 18.2. The minimum absolute atomic E-state index is 0.0771. The Morgan fingerprint density at radius 3 is 2.42 bits per heavy atom. The summed E-state index contributed by atoms with van der Waals surface area (Å²) < 4.78 is 40.5. The molecule has 1 aliphatic heterocycles. The van der Waals surface area contributed by atoms with Gasteiger partial charge >= 0.3 is 12.2 Å². The van der Waals surface area contributed by atoms with Crippen molar-refractivity contribution in [1.29, 1.82) is 0 Å². The Bertz CT molecular complexity index is 1230. The summed E-state index contributed by atoms with van der Waals surface area (Å²) in [4.78, 5) is 21.1. The van der Waals surface area contributed by atoms with E-state index in [0.29, 0.717) is 33.3 Å². The van der Waals surface area contributed by atoms with E-state index in [-0.39, 0.29) is 39.4 Å². The van der Waals surface area contributed by atoms with Gasteiger partial charge in [-0.15, -0.1) is 0 Å². The average Bonchev–Trinajstić information content (AvgIpc) is 3.23. The van der Waals surface area contributed by atoms with E-state index in [0.717, 1.165) is 12.1 Å². The van der Waals surface area contributed by atoms with Crippen molar-refractivity contribution in [2.75, 3.05) is 48.4 Å². The van der Waals surface area contributed by atoms with Gasteiger partial charge in [0.05, 0.1) is 31.4 Å². The molecule has 1 aromatic heterocycles. The molecule has 4 N–H and O–H groups in total. The zero-order chi connectivity index (χ0) is 27.3. The van der Waals surface area contributed by atoms with E-state index >= 15 is 0 Å². The number of benzene rings is 2. The fraction of sp³-hybridized carbons (Fsp3) is 0.308. The van der Waals surface area contributed by atoms with Crippen molar-refractivity contribution in [3.8, 4) is 0 Å². The predicted molar refractivity (Wildman–Crippen MR) is 139 cm³/mol. The molecule has 2 aromatic carbocycles. The summed E-state index contributed by atoms with van der Waals surface area (Å²) in [6.07, 6.45) is -2.97. The van der Waals surface area contributed by atoms with E-state index in [9.17, 15) is 28.2 Å². The first-order valence-electron chi connectivity index (χ1n) is 11.9. The number of halogens is 4. The number of alkyl halides is 3. The summed E-state index contributed by atoms with van der Waals surface area (Å²) in [6.45, 7) is 0.408. The van der Waals surface area contributed by atoms with Crippen LogP contribution in [0.3, 0.4) is 0 Å². The predicted octanol–water partition coefficient (Wildman–Crippen LogP) is 4.75. The second-order valence-electron chi connectivity index (χ2n) is 8.63. The topological polar surface area (TPSA) is 101 Å². The van der Waals surface area contributed by atoms with Crippen molar-refractivity contribution in [2.45, 2.75) is 18.8 Å². The molecule has 38 heavy (non-hydrogen) atoms. The maximum atomic E-state index is 13.8. The van der Waals surface area contributed by atoms with Crippen LogP contribution in [0.1, 0.15) is 22.7 Å². The normalized spacial score (nSPS) is 15.7. The van der Waals surface area contributed by atoms with Gasteiger partial charge in [0.2, 0.25) is 0 Å². The van der Waals surface area contributed by atoms with Gasteiger partial charge in [0, 0.05) is 47.8 Å². The van der Waals surface area contributed by atoms with Crippen LogP contribution in [-0.4, -0.2) is 59.0 Å². The van der Waals surface area contributed by atoms with E-state index in [1.54, 1.807) is 42.6 Å². The van der Waals surface area contributed by atoms with Crippen molar-refractivity contribution in [2.24, 2.45) is 0 Å². The average molecular weight is 550 g/mol. The summed E-state index contributed by atoms with van der Waals surface area (Å²) in [6, 6.07) is 12.1. The monoisotopic (exact) mass is 549 g/mol. The van der Waals surface area contributed by atoms with Crippen molar-refractivity contribution in [3.63, 3.8) is 0 Å². The number of pyridine rings is 1. The SMILES string of the molecule is O=C1N(Cc2c(NCCO)ccnc2NCCO)CC(c2cccc(C(F)(F)F)c2)N1c1ccc(Cl)cc1. The molecule has 3 aromatic rings.